The van der Waals surface area contributed by atoms with Gasteiger partial charge in [-0.15, -0.1) is 0 Å². The molecule has 3 rings (SSSR count). The molecule has 0 spiro atoms. The van der Waals surface area contributed by atoms with Crippen LogP contribution in [0, 0.1) is 0 Å². The highest BCUT2D eigenvalue weighted by atomic mass is 16.5. The summed E-state index contributed by atoms with van der Waals surface area (Å²) in [5.74, 6) is 0.869. The van der Waals surface area contributed by atoms with E-state index in [2.05, 4.69) is 22.9 Å². The molecule has 0 aliphatic carbocycles. The molecule has 1 amide bonds. The first-order chi connectivity index (χ1) is 11.2. The summed E-state index contributed by atoms with van der Waals surface area (Å²) in [6, 6.07) is 11.5. The second-order valence-corrected chi connectivity index (χ2v) is 5.67. The summed E-state index contributed by atoms with van der Waals surface area (Å²) in [5, 5.41) is 0. The molecule has 0 saturated heterocycles. The molecular formula is C18H21N3O2. The van der Waals surface area contributed by atoms with Gasteiger partial charge in [-0.3, -0.25) is 9.78 Å². The van der Waals surface area contributed by atoms with E-state index in [4.69, 9.17) is 4.74 Å². The standard InChI is InChI=1S/C18H21N3O2/c1-3-21-13-15(23-17-7-5-4-6-16(17)21)12-20(2)18(22)14-8-10-19-11-9-14/h4-11,15H,3,12-13H2,1-2H3/t15-/m1/s1. The number of amides is 1. The van der Waals surface area contributed by atoms with Crippen LogP contribution in [0.25, 0.3) is 0 Å². The van der Waals surface area contributed by atoms with Crippen LogP contribution in [0.4, 0.5) is 5.69 Å². The van der Waals surface area contributed by atoms with Gasteiger partial charge in [0, 0.05) is 31.5 Å². The Hall–Kier alpha value is -2.56. The molecule has 2 aromatic rings. The minimum absolute atomic E-state index is 0.0158. The van der Waals surface area contributed by atoms with Crippen LogP contribution in [-0.2, 0) is 0 Å². The van der Waals surface area contributed by atoms with E-state index < -0.39 is 0 Å². The molecule has 0 fully saturated rings. The molecule has 1 aliphatic heterocycles. The second-order valence-electron chi connectivity index (χ2n) is 5.67. The number of para-hydroxylation sites is 2. The van der Waals surface area contributed by atoms with Crippen molar-refractivity contribution in [2.75, 3.05) is 31.6 Å². The zero-order valence-electron chi connectivity index (χ0n) is 13.5. The predicted octanol–water partition coefficient (Wildman–Crippen LogP) is 2.44. The van der Waals surface area contributed by atoms with Crippen molar-refractivity contribution in [3.63, 3.8) is 0 Å². The zero-order chi connectivity index (χ0) is 16.2. The maximum Gasteiger partial charge on any atom is 0.253 e. The molecule has 120 valence electrons. The molecule has 1 aromatic heterocycles. The Balaban J connectivity index is 1.70. The lowest BCUT2D eigenvalue weighted by atomic mass is 10.1. The van der Waals surface area contributed by atoms with Gasteiger partial charge in [0.2, 0.25) is 0 Å². The van der Waals surface area contributed by atoms with Crippen molar-refractivity contribution in [1.82, 2.24) is 9.88 Å². The number of rotatable bonds is 4. The fourth-order valence-corrected chi connectivity index (χ4v) is 2.88. The molecule has 1 aliphatic rings. The average Bonchev–Trinajstić information content (AvgIpc) is 2.61. The lowest BCUT2D eigenvalue weighted by Gasteiger charge is -2.37. The third-order valence-electron chi connectivity index (χ3n) is 4.06. The summed E-state index contributed by atoms with van der Waals surface area (Å²) in [4.78, 5) is 20.4. The second kappa shape index (κ2) is 6.69. The highest BCUT2D eigenvalue weighted by Gasteiger charge is 2.26. The van der Waals surface area contributed by atoms with Crippen molar-refractivity contribution in [3.05, 3.63) is 54.4 Å². The van der Waals surface area contributed by atoms with Crippen LogP contribution in [-0.4, -0.2) is 48.6 Å². The SMILES string of the molecule is CCN1C[C@@H](CN(C)C(=O)c2ccncc2)Oc2ccccc21. The van der Waals surface area contributed by atoms with Gasteiger partial charge in [0.05, 0.1) is 18.8 Å². The van der Waals surface area contributed by atoms with E-state index in [9.17, 15) is 4.79 Å². The van der Waals surface area contributed by atoms with Crippen molar-refractivity contribution in [2.24, 2.45) is 0 Å². The largest absolute Gasteiger partial charge is 0.485 e. The van der Waals surface area contributed by atoms with Crippen LogP contribution in [0.1, 0.15) is 17.3 Å². The molecular weight excluding hydrogens is 290 g/mol. The number of pyridine rings is 1. The van der Waals surface area contributed by atoms with Gasteiger partial charge in [-0.05, 0) is 31.2 Å². The molecule has 0 saturated carbocycles. The Morgan fingerprint density at radius 3 is 2.78 bits per heavy atom. The Morgan fingerprint density at radius 1 is 1.30 bits per heavy atom. The number of nitrogens with zero attached hydrogens (tertiary/aromatic N) is 3. The van der Waals surface area contributed by atoms with E-state index in [0.29, 0.717) is 12.1 Å². The van der Waals surface area contributed by atoms with Crippen LogP contribution in [0.15, 0.2) is 48.8 Å². The lowest BCUT2D eigenvalue weighted by Crippen LogP contribution is -2.46. The maximum atomic E-state index is 12.4. The fraction of sp³-hybridized carbons (Fsp3) is 0.333. The molecule has 1 aromatic carbocycles. The summed E-state index contributed by atoms with van der Waals surface area (Å²) in [7, 11) is 1.81. The summed E-state index contributed by atoms with van der Waals surface area (Å²) in [6.45, 7) is 4.37. The predicted molar refractivity (Wildman–Crippen MR) is 89.9 cm³/mol. The van der Waals surface area contributed by atoms with E-state index in [1.165, 1.54) is 0 Å². The summed E-state index contributed by atoms with van der Waals surface area (Å²) >= 11 is 0. The highest BCUT2D eigenvalue weighted by molar-refractivity contribution is 5.93. The molecule has 2 heterocycles. The third-order valence-corrected chi connectivity index (χ3v) is 4.06. The number of likely N-dealkylation sites (N-methyl/N-ethyl adjacent to an activating group) is 2. The van der Waals surface area contributed by atoms with Crippen molar-refractivity contribution >= 4 is 11.6 Å². The Morgan fingerprint density at radius 2 is 2.04 bits per heavy atom. The maximum absolute atomic E-state index is 12.4. The average molecular weight is 311 g/mol. The van der Waals surface area contributed by atoms with Crippen LogP contribution in [0.3, 0.4) is 0 Å². The van der Waals surface area contributed by atoms with Crippen molar-refractivity contribution in [3.8, 4) is 5.75 Å². The highest BCUT2D eigenvalue weighted by Crippen LogP contribution is 2.32. The minimum Gasteiger partial charge on any atom is -0.485 e. The molecule has 1 atom stereocenters. The van der Waals surface area contributed by atoms with E-state index in [1.54, 1.807) is 29.4 Å². The first-order valence-electron chi connectivity index (χ1n) is 7.85. The number of fused-ring (bicyclic) bond motifs is 1. The molecule has 5 heteroatoms. The van der Waals surface area contributed by atoms with Gasteiger partial charge < -0.3 is 14.5 Å². The molecule has 0 N–H and O–H groups in total. The van der Waals surface area contributed by atoms with E-state index in [0.717, 1.165) is 24.5 Å². The summed E-state index contributed by atoms with van der Waals surface area (Å²) in [5.41, 5.74) is 1.76. The third kappa shape index (κ3) is 3.28. The van der Waals surface area contributed by atoms with Crippen LogP contribution in [0.5, 0.6) is 5.75 Å². The number of anilines is 1. The summed E-state index contributed by atoms with van der Waals surface area (Å²) < 4.78 is 6.07. The normalized spacial score (nSPS) is 16.4. The number of hydrogen-bond donors (Lipinski definition) is 0. The Labute approximate surface area is 136 Å². The van der Waals surface area contributed by atoms with Gasteiger partial charge in [-0.2, -0.15) is 0 Å². The number of benzene rings is 1. The zero-order valence-corrected chi connectivity index (χ0v) is 13.5. The van der Waals surface area contributed by atoms with Crippen molar-refractivity contribution in [2.45, 2.75) is 13.0 Å². The Kier molecular flexibility index (Phi) is 4.46. The Bertz CT molecular complexity index is 675. The lowest BCUT2D eigenvalue weighted by molar-refractivity contribution is 0.0709. The summed E-state index contributed by atoms with van der Waals surface area (Å²) in [6.07, 6.45) is 3.22. The van der Waals surface area contributed by atoms with E-state index >= 15 is 0 Å². The monoisotopic (exact) mass is 311 g/mol. The fourth-order valence-electron chi connectivity index (χ4n) is 2.88. The number of carbonyl (C=O) groups excluding carboxylic acids is 1. The topological polar surface area (TPSA) is 45.7 Å². The van der Waals surface area contributed by atoms with Gasteiger partial charge >= 0.3 is 0 Å². The quantitative estimate of drug-likeness (QED) is 0.870. The molecule has 0 unspecified atom stereocenters. The van der Waals surface area contributed by atoms with Crippen LogP contribution in [0.2, 0.25) is 0 Å². The molecule has 0 radical (unpaired) electrons. The number of hydrogen-bond acceptors (Lipinski definition) is 4. The number of ether oxygens (including phenoxy) is 1. The van der Waals surface area contributed by atoms with Gasteiger partial charge in [-0.25, -0.2) is 0 Å². The first-order valence-corrected chi connectivity index (χ1v) is 7.85. The van der Waals surface area contributed by atoms with Gasteiger partial charge in [0.1, 0.15) is 11.9 Å². The number of aromatic nitrogens is 1. The van der Waals surface area contributed by atoms with Crippen molar-refractivity contribution in [1.29, 1.82) is 0 Å². The smallest absolute Gasteiger partial charge is 0.253 e. The first kappa shape index (κ1) is 15.3. The van der Waals surface area contributed by atoms with Gasteiger partial charge in [-0.1, -0.05) is 12.1 Å². The van der Waals surface area contributed by atoms with E-state index in [-0.39, 0.29) is 12.0 Å². The van der Waals surface area contributed by atoms with Crippen molar-refractivity contribution < 1.29 is 9.53 Å². The van der Waals surface area contributed by atoms with Crippen LogP contribution < -0.4 is 9.64 Å². The minimum atomic E-state index is -0.0411. The molecule has 5 nitrogen and oxygen atoms in total. The molecule has 0 bridgehead atoms. The van der Waals surface area contributed by atoms with E-state index in [1.807, 2.05) is 25.2 Å². The van der Waals surface area contributed by atoms with Gasteiger partial charge in [0.15, 0.2) is 0 Å². The number of carbonyl (C=O) groups is 1. The van der Waals surface area contributed by atoms with Crippen LogP contribution >= 0.6 is 0 Å². The molecule has 23 heavy (non-hydrogen) atoms. The van der Waals surface area contributed by atoms with Gasteiger partial charge in [0.25, 0.3) is 5.91 Å².